The highest BCUT2D eigenvalue weighted by Crippen LogP contribution is 2.40. The number of sulfonamides is 1. The molecule has 0 aromatic heterocycles. The molecule has 1 heterocycles. The van der Waals surface area contributed by atoms with Gasteiger partial charge in [-0.05, 0) is 69.6 Å². The predicted molar refractivity (Wildman–Crippen MR) is 171 cm³/mol. The smallest absolute Gasteiger partial charge is 0.315 e. The van der Waals surface area contributed by atoms with Crippen molar-refractivity contribution in [1.29, 1.82) is 0 Å². The molecule has 4 N–H and O–H groups in total. The highest BCUT2D eigenvalue weighted by molar-refractivity contribution is 7.89. The first kappa shape index (κ1) is 34.6. The van der Waals surface area contributed by atoms with Gasteiger partial charge >= 0.3 is 6.03 Å². The lowest BCUT2D eigenvalue weighted by atomic mass is 9.70. The van der Waals surface area contributed by atoms with Gasteiger partial charge in [0.25, 0.3) is 5.91 Å². The molecule has 0 unspecified atom stereocenters. The summed E-state index contributed by atoms with van der Waals surface area (Å²) in [6.07, 6.45) is 12.3. The number of rotatable bonds is 13. The molecule has 4 saturated carbocycles. The number of urea groups is 1. The Morgan fingerprint density at radius 3 is 2.11 bits per heavy atom. The van der Waals surface area contributed by atoms with Crippen molar-refractivity contribution in [1.82, 2.24) is 30.5 Å². The Hall–Kier alpha value is -2.74. The first-order chi connectivity index (χ1) is 21.8. The van der Waals surface area contributed by atoms with Gasteiger partial charge in [0.15, 0.2) is 0 Å². The van der Waals surface area contributed by atoms with E-state index in [1.54, 1.807) is 7.05 Å². The van der Waals surface area contributed by atoms with E-state index in [9.17, 15) is 32.4 Å². The molecular weight excluding hydrogens is 612 g/mol. The van der Waals surface area contributed by atoms with Crippen LogP contribution < -0.4 is 21.3 Å². The molecule has 0 bridgehead atoms. The van der Waals surface area contributed by atoms with E-state index in [1.165, 1.54) is 9.21 Å². The van der Waals surface area contributed by atoms with Crippen LogP contribution in [0.4, 0.5) is 4.79 Å². The number of amides is 5. The number of carbonyl (C=O) groups is 5. The second-order valence-electron chi connectivity index (χ2n) is 14.7. The maximum atomic E-state index is 14.3. The fourth-order valence-corrected chi connectivity index (χ4v) is 9.50. The van der Waals surface area contributed by atoms with Crippen molar-refractivity contribution in [2.45, 2.75) is 139 Å². The summed E-state index contributed by atoms with van der Waals surface area (Å²) < 4.78 is 28.2. The lowest BCUT2D eigenvalue weighted by Gasteiger charge is -2.43. The second kappa shape index (κ2) is 14.2. The van der Waals surface area contributed by atoms with Gasteiger partial charge in [-0.3, -0.25) is 19.2 Å². The number of carbonyl (C=O) groups excluding carboxylic acids is 5. The van der Waals surface area contributed by atoms with Crippen molar-refractivity contribution in [3.63, 3.8) is 0 Å². The van der Waals surface area contributed by atoms with Crippen molar-refractivity contribution in [2.24, 2.45) is 5.41 Å². The maximum Gasteiger partial charge on any atom is 0.315 e. The minimum absolute atomic E-state index is 0.0244. The van der Waals surface area contributed by atoms with E-state index in [-0.39, 0.29) is 23.7 Å². The molecule has 0 aromatic carbocycles. The van der Waals surface area contributed by atoms with Crippen LogP contribution in [0.5, 0.6) is 0 Å². The van der Waals surface area contributed by atoms with Gasteiger partial charge in [0.2, 0.25) is 27.6 Å². The standard InChI is InChI=1S/C32H52N6O7S/c1-31(15-5-3-6-16-31)26(29(42)38-19-9-10-24(38)27(40)33-20-25(39)28(41)34-22-11-12-22)35-30(43)36-32(17-7-4-8-18-32)21-46(44,45)37(2)23-13-14-23/h22-24,26H,3-21H2,1-2H3,(H,33,40)(H,34,41)(H2,35,36,43)/t24-,26+/m0/s1. The summed E-state index contributed by atoms with van der Waals surface area (Å²) in [4.78, 5) is 67.2. The van der Waals surface area contributed by atoms with E-state index in [0.29, 0.717) is 32.2 Å². The third-order valence-corrected chi connectivity index (χ3v) is 12.9. The van der Waals surface area contributed by atoms with E-state index < -0.39 is 63.2 Å². The van der Waals surface area contributed by atoms with E-state index in [1.807, 2.05) is 6.92 Å². The molecule has 1 saturated heterocycles. The molecule has 14 heteroatoms. The molecule has 46 heavy (non-hydrogen) atoms. The van der Waals surface area contributed by atoms with Gasteiger partial charge in [0, 0.05) is 25.7 Å². The number of ketones is 1. The Morgan fingerprint density at radius 1 is 0.870 bits per heavy atom. The number of hydrogen-bond acceptors (Lipinski definition) is 7. The first-order valence-corrected chi connectivity index (χ1v) is 18.9. The first-order valence-electron chi connectivity index (χ1n) is 17.3. The zero-order valence-corrected chi connectivity index (χ0v) is 28.2. The zero-order chi connectivity index (χ0) is 33.1. The molecule has 2 atom stereocenters. The summed E-state index contributed by atoms with van der Waals surface area (Å²) in [7, 11) is -1.99. The predicted octanol–water partition coefficient (Wildman–Crippen LogP) is 1.71. The molecule has 0 spiro atoms. The number of nitrogens with zero attached hydrogens (tertiary/aromatic N) is 2. The molecule has 0 radical (unpaired) electrons. The van der Waals surface area contributed by atoms with Crippen LogP contribution in [0, 0.1) is 5.41 Å². The molecule has 5 fully saturated rings. The largest absolute Gasteiger partial charge is 0.347 e. The van der Waals surface area contributed by atoms with Gasteiger partial charge in [-0.15, -0.1) is 0 Å². The fraction of sp³-hybridized carbons (Fsp3) is 0.844. The van der Waals surface area contributed by atoms with E-state index in [4.69, 9.17) is 0 Å². The molecule has 0 aromatic rings. The Morgan fingerprint density at radius 2 is 1.50 bits per heavy atom. The third kappa shape index (κ3) is 8.39. The van der Waals surface area contributed by atoms with Crippen LogP contribution in [0.15, 0.2) is 0 Å². The molecule has 258 valence electrons. The van der Waals surface area contributed by atoms with Gasteiger partial charge in [0.05, 0.1) is 17.8 Å². The van der Waals surface area contributed by atoms with E-state index in [2.05, 4.69) is 21.3 Å². The van der Waals surface area contributed by atoms with Crippen molar-refractivity contribution >= 4 is 39.6 Å². The van der Waals surface area contributed by atoms with Crippen LogP contribution in [0.3, 0.4) is 0 Å². The third-order valence-electron chi connectivity index (χ3n) is 10.8. The van der Waals surface area contributed by atoms with Crippen LogP contribution in [0.25, 0.3) is 0 Å². The molecule has 1 aliphatic heterocycles. The summed E-state index contributed by atoms with van der Waals surface area (Å²) >= 11 is 0. The summed E-state index contributed by atoms with van der Waals surface area (Å²) in [6.45, 7) is 1.89. The van der Waals surface area contributed by atoms with Crippen molar-refractivity contribution in [2.75, 3.05) is 25.9 Å². The van der Waals surface area contributed by atoms with Gasteiger partial charge in [-0.25, -0.2) is 17.5 Å². The van der Waals surface area contributed by atoms with E-state index in [0.717, 1.165) is 77.0 Å². The maximum absolute atomic E-state index is 14.3. The SMILES string of the molecule is CN(C1CC1)S(=O)(=O)CC1(NC(=O)N[C@H](C(=O)N2CCC[C@H]2C(=O)NCC(=O)C(=O)NC2CC2)C2(C)CCCCC2)CCCCC1. The fourth-order valence-electron chi connectivity index (χ4n) is 7.57. The topological polar surface area (TPSA) is 174 Å². The van der Waals surface area contributed by atoms with Crippen molar-refractivity contribution in [3.05, 3.63) is 0 Å². The van der Waals surface area contributed by atoms with Crippen LogP contribution in [-0.2, 0) is 29.2 Å². The quantitative estimate of drug-likeness (QED) is 0.217. The van der Waals surface area contributed by atoms with Crippen LogP contribution in [0.1, 0.15) is 110 Å². The van der Waals surface area contributed by atoms with Crippen molar-refractivity contribution < 1.29 is 32.4 Å². The van der Waals surface area contributed by atoms with Crippen LogP contribution >= 0.6 is 0 Å². The van der Waals surface area contributed by atoms with Gasteiger partial charge in [-0.1, -0.05) is 45.4 Å². The highest BCUT2D eigenvalue weighted by atomic mass is 32.2. The second-order valence-corrected chi connectivity index (χ2v) is 16.7. The minimum atomic E-state index is -3.61. The van der Waals surface area contributed by atoms with E-state index >= 15 is 0 Å². The molecule has 4 aliphatic carbocycles. The summed E-state index contributed by atoms with van der Waals surface area (Å²) in [5.74, 6) is -2.48. The Kier molecular flexibility index (Phi) is 10.7. The molecule has 5 amide bonds. The van der Waals surface area contributed by atoms with Gasteiger partial charge < -0.3 is 26.2 Å². The van der Waals surface area contributed by atoms with Gasteiger partial charge in [-0.2, -0.15) is 0 Å². The molecule has 5 rings (SSSR count). The Labute approximate surface area is 272 Å². The summed E-state index contributed by atoms with van der Waals surface area (Å²) in [5, 5.41) is 11.2. The normalized spacial score (nSPS) is 24.9. The van der Waals surface area contributed by atoms with Crippen LogP contribution in [-0.4, -0.2) is 103 Å². The van der Waals surface area contributed by atoms with Crippen molar-refractivity contribution in [3.8, 4) is 0 Å². The number of Topliss-reactive ketones (excluding diaryl/α,β-unsaturated/α-hetero) is 1. The number of hydrogen-bond donors (Lipinski definition) is 4. The number of likely N-dealkylation sites (tertiary alicyclic amines) is 1. The summed E-state index contributed by atoms with van der Waals surface area (Å²) in [5.41, 5.74) is -1.48. The molecular formula is C32H52N6O7S. The summed E-state index contributed by atoms with van der Waals surface area (Å²) in [6, 6.07) is -2.25. The number of nitrogens with one attached hydrogen (secondary N) is 4. The van der Waals surface area contributed by atoms with Gasteiger partial charge in [0.1, 0.15) is 12.1 Å². The Balaban J connectivity index is 1.28. The lowest BCUT2D eigenvalue weighted by molar-refractivity contribution is -0.143. The van der Waals surface area contributed by atoms with Crippen LogP contribution in [0.2, 0.25) is 0 Å². The zero-order valence-electron chi connectivity index (χ0n) is 27.4. The molecule has 5 aliphatic rings. The average Bonchev–Trinajstić information content (AvgIpc) is 3.96. The monoisotopic (exact) mass is 664 g/mol. The average molecular weight is 665 g/mol. The molecule has 13 nitrogen and oxygen atoms in total. The highest BCUT2D eigenvalue weighted by Gasteiger charge is 2.48. The Bertz CT molecular complexity index is 1290. The lowest BCUT2D eigenvalue weighted by Crippen LogP contribution is -2.64. The minimum Gasteiger partial charge on any atom is -0.347 e.